The molecule has 0 heterocycles. The van der Waals surface area contributed by atoms with Crippen LogP contribution in [-0.4, -0.2) is 30.4 Å². The molecule has 1 aromatic carbocycles. The maximum absolute atomic E-state index is 11.9. The highest BCUT2D eigenvalue weighted by Gasteiger charge is 2.12. The minimum Gasteiger partial charge on any atom is -0.375 e. The number of nitrogens with zero attached hydrogens (tertiary/aromatic N) is 1. The van der Waals surface area contributed by atoms with Gasteiger partial charge < -0.3 is 10.2 Å². The molecule has 0 radical (unpaired) electrons. The van der Waals surface area contributed by atoms with Gasteiger partial charge in [0.1, 0.15) is 0 Å². The first-order valence-electron chi connectivity index (χ1n) is 6.09. The first-order chi connectivity index (χ1) is 8.32. The number of halogens is 1. The molecule has 1 amide bonds. The van der Waals surface area contributed by atoms with Crippen molar-refractivity contribution >= 4 is 27.5 Å². The summed E-state index contributed by atoms with van der Waals surface area (Å²) in [6, 6.07) is 4.37. The number of amides is 1. The van der Waals surface area contributed by atoms with Crippen LogP contribution in [0.5, 0.6) is 0 Å². The molecule has 3 nitrogen and oxygen atoms in total. The van der Waals surface area contributed by atoms with Crippen LogP contribution in [0.25, 0.3) is 0 Å². The van der Waals surface area contributed by atoms with Crippen LogP contribution in [0, 0.1) is 13.8 Å². The van der Waals surface area contributed by atoms with E-state index in [4.69, 9.17) is 0 Å². The van der Waals surface area contributed by atoms with Crippen LogP contribution in [0.2, 0.25) is 0 Å². The van der Waals surface area contributed by atoms with Crippen molar-refractivity contribution in [2.75, 3.05) is 18.9 Å². The second-order valence-corrected chi connectivity index (χ2v) is 5.74. The Morgan fingerprint density at radius 3 is 2.50 bits per heavy atom. The van der Waals surface area contributed by atoms with Crippen LogP contribution < -0.4 is 5.32 Å². The van der Waals surface area contributed by atoms with E-state index in [1.54, 1.807) is 4.90 Å². The molecule has 1 aromatic rings. The summed E-state index contributed by atoms with van der Waals surface area (Å²) >= 11 is 3.53. The second kappa shape index (κ2) is 6.23. The van der Waals surface area contributed by atoms with Gasteiger partial charge in [-0.25, -0.2) is 0 Å². The fraction of sp³-hybridized carbons (Fsp3) is 0.500. The monoisotopic (exact) mass is 312 g/mol. The Bertz CT molecular complexity index is 420. The van der Waals surface area contributed by atoms with Crippen molar-refractivity contribution in [2.24, 2.45) is 0 Å². The number of likely N-dealkylation sites (N-methyl/N-ethyl adjacent to an activating group) is 1. The van der Waals surface area contributed by atoms with Gasteiger partial charge in [0.15, 0.2) is 0 Å². The smallest absolute Gasteiger partial charge is 0.241 e. The van der Waals surface area contributed by atoms with Crippen LogP contribution in [0.15, 0.2) is 16.6 Å². The average molecular weight is 313 g/mol. The third kappa shape index (κ3) is 3.73. The van der Waals surface area contributed by atoms with Crippen LogP contribution in [0.4, 0.5) is 5.69 Å². The van der Waals surface area contributed by atoms with Crippen molar-refractivity contribution in [3.63, 3.8) is 0 Å². The summed E-state index contributed by atoms with van der Waals surface area (Å²) in [6.45, 7) is 8.42. The number of carbonyl (C=O) groups excluding carboxylic acids is 1. The average Bonchev–Trinajstić information content (AvgIpc) is 2.25. The SMILES string of the molecule is Cc1cc(C)c(NCC(=O)N(C)C(C)C)c(Br)c1. The molecule has 0 bridgehead atoms. The Labute approximate surface area is 118 Å². The molecular weight excluding hydrogens is 292 g/mol. The van der Waals surface area contributed by atoms with Crippen molar-refractivity contribution in [3.8, 4) is 0 Å². The maximum Gasteiger partial charge on any atom is 0.241 e. The van der Waals surface area contributed by atoms with Crippen LogP contribution in [0.1, 0.15) is 25.0 Å². The van der Waals surface area contributed by atoms with E-state index in [1.807, 2.05) is 33.9 Å². The van der Waals surface area contributed by atoms with E-state index >= 15 is 0 Å². The number of aryl methyl sites for hydroxylation is 2. The predicted molar refractivity (Wildman–Crippen MR) is 80.0 cm³/mol. The molecule has 0 atom stereocenters. The predicted octanol–water partition coefficient (Wildman–Crippen LogP) is 3.34. The van der Waals surface area contributed by atoms with Crippen molar-refractivity contribution in [3.05, 3.63) is 27.7 Å². The Balaban J connectivity index is 2.73. The Kier molecular flexibility index (Phi) is 5.20. The highest BCUT2D eigenvalue weighted by molar-refractivity contribution is 9.10. The zero-order valence-corrected chi connectivity index (χ0v) is 13.3. The van der Waals surface area contributed by atoms with Gasteiger partial charge >= 0.3 is 0 Å². The van der Waals surface area contributed by atoms with E-state index in [1.165, 1.54) is 5.56 Å². The number of hydrogen-bond donors (Lipinski definition) is 1. The van der Waals surface area contributed by atoms with Gasteiger partial charge in [-0.05, 0) is 60.8 Å². The zero-order chi connectivity index (χ0) is 13.9. The summed E-state index contributed by atoms with van der Waals surface area (Å²) < 4.78 is 1.00. The van der Waals surface area contributed by atoms with Crippen molar-refractivity contribution < 1.29 is 4.79 Å². The van der Waals surface area contributed by atoms with E-state index in [2.05, 4.69) is 34.2 Å². The van der Waals surface area contributed by atoms with E-state index in [0.717, 1.165) is 15.7 Å². The number of hydrogen-bond acceptors (Lipinski definition) is 2. The Morgan fingerprint density at radius 1 is 1.39 bits per heavy atom. The van der Waals surface area contributed by atoms with Gasteiger partial charge in [-0.2, -0.15) is 0 Å². The van der Waals surface area contributed by atoms with Crippen LogP contribution in [-0.2, 0) is 4.79 Å². The lowest BCUT2D eigenvalue weighted by molar-refractivity contribution is -0.129. The standard InChI is InChI=1S/C14H21BrN2O/c1-9(2)17(5)13(18)8-16-14-11(4)6-10(3)7-12(14)15/h6-7,9,16H,8H2,1-5H3. The maximum atomic E-state index is 11.9. The van der Waals surface area contributed by atoms with Gasteiger partial charge in [-0.3, -0.25) is 4.79 Å². The van der Waals surface area contributed by atoms with Crippen LogP contribution in [0.3, 0.4) is 0 Å². The molecule has 0 aromatic heterocycles. The largest absolute Gasteiger partial charge is 0.375 e. The molecule has 0 spiro atoms. The molecule has 4 heteroatoms. The lowest BCUT2D eigenvalue weighted by atomic mass is 10.1. The quantitative estimate of drug-likeness (QED) is 0.924. The third-order valence-electron chi connectivity index (χ3n) is 3.02. The van der Waals surface area contributed by atoms with Gasteiger partial charge in [0.05, 0.1) is 12.2 Å². The summed E-state index contributed by atoms with van der Waals surface area (Å²) in [5.74, 6) is 0.0943. The van der Waals surface area contributed by atoms with E-state index < -0.39 is 0 Å². The molecule has 100 valence electrons. The second-order valence-electron chi connectivity index (χ2n) is 4.89. The molecular formula is C14H21BrN2O. The summed E-state index contributed by atoms with van der Waals surface area (Å²) in [6.07, 6.45) is 0. The molecule has 0 fully saturated rings. The van der Waals surface area contributed by atoms with E-state index in [0.29, 0.717) is 6.54 Å². The zero-order valence-electron chi connectivity index (χ0n) is 11.7. The van der Waals surface area contributed by atoms with Crippen molar-refractivity contribution in [1.29, 1.82) is 0 Å². The number of anilines is 1. The lowest BCUT2D eigenvalue weighted by Gasteiger charge is -2.22. The fourth-order valence-corrected chi connectivity index (χ4v) is 2.53. The number of rotatable bonds is 4. The van der Waals surface area contributed by atoms with Gasteiger partial charge in [-0.15, -0.1) is 0 Å². The molecule has 0 aliphatic heterocycles. The van der Waals surface area contributed by atoms with Crippen molar-refractivity contribution in [1.82, 2.24) is 4.90 Å². The minimum atomic E-state index is 0.0943. The first-order valence-corrected chi connectivity index (χ1v) is 6.88. The highest BCUT2D eigenvalue weighted by atomic mass is 79.9. The fourth-order valence-electron chi connectivity index (χ4n) is 1.72. The molecule has 0 unspecified atom stereocenters. The van der Waals surface area contributed by atoms with Gasteiger partial charge in [-0.1, -0.05) is 6.07 Å². The van der Waals surface area contributed by atoms with Gasteiger partial charge in [0, 0.05) is 17.6 Å². The summed E-state index contributed by atoms with van der Waals surface area (Å²) in [5, 5.41) is 3.21. The number of benzene rings is 1. The summed E-state index contributed by atoms with van der Waals surface area (Å²) in [7, 11) is 1.83. The molecule has 18 heavy (non-hydrogen) atoms. The first kappa shape index (κ1) is 15.0. The molecule has 1 rings (SSSR count). The van der Waals surface area contributed by atoms with E-state index in [-0.39, 0.29) is 11.9 Å². The Hall–Kier alpha value is -1.03. The summed E-state index contributed by atoms with van der Waals surface area (Å²) in [4.78, 5) is 13.6. The van der Waals surface area contributed by atoms with Crippen LogP contribution >= 0.6 is 15.9 Å². The molecule has 0 aliphatic carbocycles. The molecule has 0 saturated carbocycles. The normalized spacial score (nSPS) is 10.6. The van der Waals surface area contributed by atoms with Gasteiger partial charge in [0.25, 0.3) is 0 Å². The third-order valence-corrected chi connectivity index (χ3v) is 3.64. The molecule has 1 N–H and O–H groups in total. The molecule has 0 aliphatic rings. The topological polar surface area (TPSA) is 32.3 Å². The van der Waals surface area contributed by atoms with Crippen molar-refractivity contribution in [2.45, 2.75) is 33.7 Å². The minimum absolute atomic E-state index is 0.0943. The number of carbonyl (C=O) groups is 1. The lowest BCUT2D eigenvalue weighted by Crippen LogP contribution is -2.37. The molecule has 0 saturated heterocycles. The summed E-state index contributed by atoms with van der Waals surface area (Å²) in [5.41, 5.74) is 3.34. The Morgan fingerprint density at radius 2 is 2.00 bits per heavy atom. The van der Waals surface area contributed by atoms with Gasteiger partial charge in [0.2, 0.25) is 5.91 Å². The van der Waals surface area contributed by atoms with E-state index in [9.17, 15) is 4.79 Å². The highest BCUT2D eigenvalue weighted by Crippen LogP contribution is 2.27. The number of nitrogens with one attached hydrogen (secondary N) is 1.